The van der Waals surface area contributed by atoms with Gasteiger partial charge in [-0.25, -0.2) is 0 Å². The third-order valence-corrected chi connectivity index (χ3v) is 3.59. The molecule has 0 saturated carbocycles. The molecule has 1 atom stereocenters. The summed E-state index contributed by atoms with van der Waals surface area (Å²) in [6.07, 6.45) is 7.67. The van der Waals surface area contributed by atoms with Gasteiger partial charge in [-0.2, -0.15) is 5.10 Å². The van der Waals surface area contributed by atoms with Crippen LogP contribution in [0.3, 0.4) is 0 Å². The molecule has 1 aliphatic rings. The fourth-order valence-electron chi connectivity index (χ4n) is 2.41. The topological polar surface area (TPSA) is 44.1 Å². The maximum atomic E-state index is 11.9. The second-order valence-electron chi connectivity index (χ2n) is 5.62. The molecule has 0 N–H and O–H groups in total. The largest absolute Gasteiger partial charge is 0.378 e. The monoisotopic (exact) mass is 264 g/mol. The summed E-state index contributed by atoms with van der Waals surface area (Å²) in [5.41, 5.74) is 0.878. The van der Waals surface area contributed by atoms with E-state index in [0.29, 0.717) is 25.0 Å². The van der Waals surface area contributed by atoms with E-state index in [2.05, 4.69) is 18.9 Å². The second-order valence-corrected chi connectivity index (χ2v) is 5.62. The summed E-state index contributed by atoms with van der Waals surface area (Å²) in [5.74, 6) is 0.267. The van der Waals surface area contributed by atoms with E-state index in [0.717, 1.165) is 31.6 Å². The molecule has 0 aliphatic carbocycles. The van der Waals surface area contributed by atoms with Crippen molar-refractivity contribution < 1.29 is 9.53 Å². The molecule has 0 aromatic carbocycles. The Morgan fingerprint density at radius 2 is 2.37 bits per heavy atom. The van der Waals surface area contributed by atoms with Crippen LogP contribution in [0.25, 0.3) is 0 Å². The minimum absolute atomic E-state index is 0.267. The number of carbonyl (C=O) groups excluding carboxylic acids is 1. The van der Waals surface area contributed by atoms with Crippen LogP contribution in [0.5, 0.6) is 0 Å². The molecule has 2 heterocycles. The van der Waals surface area contributed by atoms with Crippen LogP contribution in [0.1, 0.15) is 57.7 Å². The summed E-state index contributed by atoms with van der Waals surface area (Å²) in [6.45, 7) is 5.02. The van der Waals surface area contributed by atoms with Crippen molar-refractivity contribution in [3.63, 3.8) is 0 Å². The number of Topliss-reactive ketones (excluding diaryl/α,β-unsaturated/α-hetero) is 1. The SMILES string of the molecule is CC(C)n1ccc(CC(=O)CCC2CCCCO2)n1. The van der Waals surface area contributed by atoms with Gasteiger partial charge >= 0.3 is 0 Å². The van der Waals surface area contributed by atoms with Crippen LogP contribution in [0.15, 0.2) is 12.3 Å². The standard InChI is InChI=1S/C15H24N2O2/c1-12(2)17-9-8-13(16-17)11-14(18)6-7-15-5-3-4-10-19-15/h8-9,12,15H,3-7,10-11H2,1-2H3. The molecule has 2 rings (SSSR count). The Labute approximate surface area is 115 Å². The number of carbonyl (C=O) groups is 1. The lowest BCUT2D eigenvalue weighted by molar-refractivity contribution is -0.119. The Bertz CT molecular complexity index is 406. The van der Waals surface area contributed by atoms with Crippen LogP contribution in [0.2, 0.25) is 0 Å². The normalized spacial score (nSPS) is 19.8. The molecule has 106 valence electrons. The number of rotatable bonds is 6. The number of hydrogen-bond acceptors (Lipinski definition) is 3. The molecule has 1 unspecified atom stereocenters. The van der Waals surface area contributed by atoms with Crippen LogP contribution >= 0.6 is 0 Å². The van der Waals surface area contributed by atoms with Gasteiger partial charge in [-0.1, -0.05) is 0 Å². The number of ketones is 1. The third-order valence-electron chi connectivity index (χ3n) is 3.59. The summed E-state index contributed by atoms with van der Waals surface area (Å²) in [7, 11) is 0. The highest BCUT2D eigenvalue weighted by atomic mass is 16.5. The maximum Gasteiger partial charge on any atom is 0.139 e. The fraction of sp³-hybridized carbons (Fsp3) is 0.733. The van der Waals surface area contributed by atoms with E-state index in [1.807, 2.05) is 16.9 Å². The first-order valence-corrected chi connectivity index (χ1v) is 7.32. The molecule has 0 amide bonds. The van der Waals surface area contributed by atoms with Crippen molar-refractivity contribution in [3.8, 4) is 0 Å². The quantitative estimate of drug-likeness (QED) is 0.793. The molecule has 0 bridgehead atoms. The zero-order valence-electron chi connectivity index (χ0n) is 12.0. The van der Waals surface area contributed by atoms with Gasteiger partial charge in [-0.15, -0.1) is 0 Å². The van der Waals surface area contributed by atoms with Gasteiger partial charge in [0.15, 0.2) is 0 Å². The van der Waals surface area contributed by atoms with Gasteiger partial charge < -0.3 is 4.74 Å². The Kier molecular flexibility index (Phi) is 5.14. The minimum atomic E-state index is 0.267. The number of ether oxygens (including phenoxy) is 1. The Balaban J connectivity index is 1.73. The predicted molar refractivity (Wildman–Crippen MR) is 74.1 cm³/mol. The molecule has 1 aliphatic heterocycles. The molecule has 4 nitrogen and oxygen atoms in total. The van der Waals surface area contributed by atoms with E-state index in [9.17, 15) is 4.79 Å². The summed E-state index contributed by atoms with van der Waals surface area (Å²) in [6, 6.07) is 2.29. The van der Waals surface area contributed by atoms with Crippen LogP contribution in [-0.2, 0) is 16.0 Å². The number of nitrogens with zero attached hydrogens (tertiary/aromatic N) is 2. The highest BCUT2D eigenvalue weighted by Crippen LogP contribution is 2.17. The predicted octanol–water partition coefficient (Wildman–Crippen LogP) is 2.92. The Morgan fingerprint density at radius 1 is 1.53 bits per heavy atom. The van der Waals surface area contributed by atoms with Gasteiger partial charge in [0.05, 0.1) is 18.2 Å². The smallest absolute Gasteiger partial charge is 0.139 e. The van der Waals surface area contributed by atoms with Crippen molar-refractivity contribution >= 4 is 5.78 Å². The lowest BCUT2D eigenvalue weighted by Gasteiger charge is -2.21. The highest BCUT2D eigenvalue weighted by Gasteiger charge is 2.16. The van der Waals surface area contributed by atoms with Gasteiger partial charge in [0.2, 0.25) is 0 Å². The fourth-order valence-corrected chi connectivity index (χ4v) is 2.41. The second kappa shape index (κ2) is 6.85. The van der Waals surface area contributed by atoms with Gasteiger partial charge in [0.25, 0.3) is 0 Å². The summed E-state index contributed by atoms with van der Waals surface area (Å²) < 4.78 is 7.54. The highest BCUT2D eigenvalue weighted by molar-refractivity contribution is 5.80. The first-order valence-electron chi connectivity index (χ1n) is 7.32. The molecule has 1 fully saturated rings. The van der Waals surface area contributed by atoms with Crippen molar-refractivity contribution in [1.82, 2.24) is 9.78 Å². The summed E-state index contributed by atoms with van der Waals surface area (Å²) in [5, 5.41) is 4.41. The van der Waals surface area contributed by atoms with Crippen molar-refractivity contribution in [2.45, 2.75) is 64.5 Å². The molecule has 1 aromatic heterocycles. The first kappa shape index (κ1) is 14.3. The van der Waals surface area contributed by atoms with Gasteiger partial charge in [0, 0.05) is 25.3 Å². The maximum absolute atomic E-state index is 11.9. The zero-order chi connectivity index (χ0) is 13.7. The van der Waals surface area contributed by atoms with Crippen LogP contribution in [-0.4, -0.2) is 28.3 Å². The van der Waals surface area contributed by atoms with E-state index in [4.69, 9.17) is 4.74 Å². The number of hydrogen-bond donors (Lipinski definition) is 0. The van der Waals surface area contributed by atoms with Gasteiger partial charge in [0.1, 0.15) is 5.78 Å². The lowest BCUT2D eigenvalue weighted by Crippen LogP contribution is -2.20. The Hall–Kier alpha value is -1.16. The first-order chi connectivity index (χ1) is 9.15. The van der Waals surface area contributed by atoms with Crippen LogP contribution in [0.4, 0.5) is 0 Å². The molecule has 1 saturated heterocycles. The van der Waals surface area contributed by atoms with Crippen molar-refractivity contribution in [3.05, 3.63) is 18.0 Å². The summed E-state index contributed by atoms with van der Waals surface area (Å²) in [4.78, 5) is 11.9. The third kappa shape index (κ3) is 4.46. The minimum Gasteiger partial charge on any atom is -0.378 e. The molecular formula is C15H24N2O2. The average molecular weight is 264 g/mol. The van der Waals surface area contributed by atoms with Crippen molar-refractivity contribution in [2.24, 2.45) is 0 Å². The molecule has 0 spiro atoms. The van der Waals surface area contributed by atoms with E-state index in [-0.39, 0.29) is 5.78 Å². The molecule has 19 heavy (non-hydrogen) atoms. The lowest BCUT2D eigenvalue weighted by atomic mass is 10.0. The Morgan fingerprint density at radius 3 is 3.00 bits per heavy atom. The molecule has 4 heteroatoms. The molecule has 1 aromatic rings. The van der Waals surface area contributed by atoms with Crippen LogP contribution < -0.4 is 0 Å². The van der Waals surface area contributed by atoms with Crippen LogP contribution in [0, 0.1) is 0 Å². The average Bonchev–Trinajstić information content (AvgIpc) is 2.86. The van der Waals surface area contributed by atoms with E-state index in [1.165, 1.54) is 6.42 Å². The van der Waals surface area contributed by atoms with E-state index >= 15 is 0 Å². The number of aromatic nitrogens is 2. The van der Waals surface area contributed by atoms with E-state index < -0.39 is 0 Å². The van der Waals surface area contributed by atoms with Gasteiger partial charge in [-0.05, 0) is 45.6 Å². The summed E-state index contributed by atoms with van der Waals surface area (Å²) >= 11 is 0. The molecular weight excluding hydrogens is 240 g/mol. The zero-order valence-corrected chi connectivity index (χ0v) is 12.0. The van der Waals surface area contributed by atoms with Gasteiger partial charge in [-0.3, -0.25) is 9.48 Å². The van der Waals surface area contributed by atoms with Crippen molar-refractivity contribution in [1.29, 1.82) is 0 Å². The van der Waals surface area contributed by atoms with Crippen molar-refractivity contribution in [2.75, 3.05) is 6.61 Å². The van der Waals surface area contributed by atoms with E-state index in [1.54, 1.807) is 0 Å². The molecule has 0 radical (unpaired) electrons.